The first-order chi connectivity index (χ1) is 17.5. The number of fused-ring (bicyclic) bond motifs is 2. The van der Waals surface area contributed by atoms with Gasteiger partial charge >= 0.3 is 0 Å². The highest BCUT2D eigenvalue weighted by Crippen LogP contribution is 2.40. The molecule has 2 amide bonds. The van der Waals surface area contributed by atoms with Gasteiger partial charge in [-0.05, 0) is 72.0 Å². The van der Waals surface area contributed by atoms with E-state index in [0.29, 0.717) is 30.7 Å². The number of carbonyl (C=O) groups is 2. The summed E-state index contributed by atoms with van der Waals surface area (Å²) in [6.07, 6.45) is 3.03. The van der Waals surface area contributed by atoms with E-state index in [2.05, 4.69) is 39.4 Å². The molecule has 0 aromatic heterocycles. The van der Waals surface area contributed by atoms with E-state index >= 15 is 0 Å². The third kappa shape index (κ3) is 4.33. The predicted octanol–water partition coefficient (Wildman–Crippen LogP) is 4.91. The molecule has 186 valence electrons. The van der Waals surface area contributed by atoms with Crippen molar-refractivity contribution in [2.75, 3.05) is 13.1 Å². The SMILES string of the molecule is O=C1CCC(N2Cc3ccc(CN4CCC(c5cccc6c(F)cccc56)CC4)cc3C2S)C(=O)N1. The number of likely N-dealkylation sites (tertiary alicyclic amines) is 1. The molecule has 0 radical (unpaired) electrons. The van der Waals surface area contributed by atoms with E-state index in [-0.39, 0.29) is 29.0 Å². The molecule has 1 N–H and O–H groups in total. The Morgan fingerprint density at radius 2 is 1.72 bits per heavy atom. The van der Waals surface area contributed by atoms with E-state index in [0.717, 1.165) is 43.4 Å². The van der Waals surface area contributed by atoms with Gasteiger partial charge in [0.2, 0.25) is 11.8 Å². The molecule has 3 aromatic rings. The molecule has 2 unspecified atom stereocenters. The van der Waals surface area contributed by atoms with Crippen LogP contribution in [0, 0.1) is 5.82 Å². The average molecular weight is 504 g/mol. The number of imide groups is 1. The number of halogens is 1. The number of thiol groups is 1. The van der Waals surface area contributed by atoms with Crippen molar-refractivity contribution in [3.63, 3.8) is 0 Å². The molecule has 3 heterocycles. The maximum Gasteiger partial charge on any atom is 0.243 e. The second-order valence-corrected chi connectivity index (χ2v) is 10.8. The van der Waals surface area contributed by atoms with Crippen LogP contribution in [0.2, 0.25) is 0 Å². The van der Waals surface area contributed by atoms with Crippen LogP contribution in [0.3, 0.4) is 0 Å². The fraction of sp³-hybridized carbons (Fsp3) is 0.379. The van der Waals surface area contributed by atoms with Gasteiger partial charge < -0.3 is 0 Å². The maximum absolute atomic E-state index is 14.3. The van der Waals surface area contributed by atoms with Gasteiger partial charge in [0, 0.05) is 24.9 Å². The molecule has 0 saturated carbocycles. The number of piperidine rings is 2. The molecule has 0 aliphatic carbocycles. The van der Waals surface area contributed by atoms with Crippen LogP contribution in [-0.4, -0.2) is 40.7 Å². The molecular formula is C29H30FN3O2S. The Labute approximate surface area is 216 Å². The Balaban J connectivity index is 1.11. The lowest BCUT2D eigenvalue weighted by Gasteiger charge is -2.33. The minimum atomic E-state index is -0.317. The smallest absolute Gasteiger partial charge is 0.243 e. The van der Waals surface area contributed by atoms with E-state index in [1.54, 1.807) is 6.07 Å². The summed E-state index contributed by atoms with van der Waals surface area (Å²) in [6, 6.07) is 17.6. The van der Waals surface area contributed by atoms with E-state index in [9.17, 15) is 14.0 Å². The summed E-state index contributed by atoms with van der Waals surface area (Å²) in [5, 5.41) is 4.07. The molecule has 5 nitrogen and oxygen atoms in total. The van der Waals surface area contributed by atoms with Crippen molar-refractivity contribution in [3.8, 4) is 0 Å². The van der Waals surface area contributed by atoms with Crippen LogP contribution in [-0.2, 0) is 22.7 Å². The van der Waals surface area contributed by atoms with Gasteiger partial charge in [-0.15, -0.1) is 0 Å². The van der Waals surface area contributed by atoms with Crippen LogP contribution in [0.25, 0.3) is 10.8 Å². The first kappa shape index (κ1) is 23.6. The van der Waals surface area contributed by atoms with Gasteiger partial charge in [-0.25, -0.2) is 4.39 Å². The Bertz CT molecular complexity index is 1340. The number of hydrogen-bond donors (Lipinski definition) is 2. The minimum Gasteiger partial charge on any atom is -0.299 e. The molecule has 2 atom stereocenters. The first-order valence-corrected chi connectivity index (χ1v) is 13.3. The first-order valence-electron chi connectivity index (χ1n) is 12.8. The Hall–Kier alpha value is -2.74. The second kappa shape index (κ2) is 9.61. The molecule has 3 aliphatic heterocycles. The van der Waals surface area contributed by atoms with Crippen molar-refractivity contribution in [3.05, 3.63) is 82.7 Å². The topological polar surface area (TPSA) is 52.7 Å². The minimum absolute atomic E-state index is 0.151. The normalized spacial score (nSPS) is 23.7. The third-order valence-electron chi connectivity index (χ3n) is 8.10. The summed E-state index contributed by atoms with van der Waals surface area (Å²) in [5.41, 5.74) is 4.87. The van der Waals surface area contributed by atoms with Crippen molar-refractivity contribution in [1.29, 1.82) is 0 Å². The number of hydrogen-bond acceptors (Lipinski definition) is 5. The molecule has 3 aliphatic rings. The highest BCUT2D eigenvalue weighted by atomic mass is 32.1. The van der Waals surface area contributed by atoms with E-state index in [1.807, 2.05) is 18.2 Å². The van der Waals surface area contributed by atoms with E-state index in [4.69, 9.17) is 12.6 Å². The molecule has 2 saturated heterocycles. The predicted molar refractivity (Wildman–Crippen MR) is 141 cm³/mol. The monoisotopic (exact) mass is 503 g/mol. The van der Waals surface area contributed by atoms with Gasteiger partial charge in [0.1, 0.15) is 5.82 Å². The van der Waals surface area contributed by atoms with Crippen LogP contribution in [0.4, 0.5) is 4.39 Å². The van der Waals surface area contributed by atoms with Crippen molar-refractivity contribution in [2.45, 2.75) is 56.1 Å². The third-order valence-corrected chi connectivity index (χ3v) is 8.68. The Kier molecular flexibility index (Phi) is 6.32. The summed E-state index contributed by atoms with van der Waals surface area (Å²) in [5.74, 6) is -0.116. The lowest BCUT2D eigenvalue weighted by Crippen LogP contribution is -2.51. The maximum atomic E-state index is 14.3. The summed E-state index contributed by atoms with van der Waals surface area (Å²) in [6.45, 7) is 3.55. The summed E-state index contributed by atoms with van der Waals surface area (Å²) in [7, 11) is 0. The lowest BCUT2D eigenvalue weighted by molar-refractivity contribution is -0.137. The quantitative estimate of drug-likeness (QED) is 0.393. The van der Waals surface area contributed by atoms with E-state index in [1.165, 1.54) is 22.8 Å². The van der Waals surface area contributed by atoms with Crippen molar-refractivity contribution < 1.29 is 14.0 Å². The standard InChI is InChI=1S/C29H30FN3O2S/c30-25-6-2-4-22-21(3-1-5-23(22)25)19-11-13-32(14-12-19)16-18-7-8-20-17-33(29(36)24(20)15-18)26-9-10-27(34)31-28(26)35/h1-8,15,19,26,29,36H,9-14,16-17H2,(H,31,34,35). The molecule has 6 rings (SSSR count). The van der Waals surface area contributed by atoms with E-state index < -0.39 is 0 Å². The largest absolute Gasteiger partial charge is 0.299 e. The summed E-state index contributed by atoms with van der Waals surface area (Å²) >= 11 is 4.86. The van der Waals surface area contributed by atoms with Crippen LogP contribution >= 0.6 is 12.6 Å². The van der Waals surface area contributed by atoms with Gasteiger partial charge in [0.25, 0.3) is 0 Å². The molecule has 3 aromatic carbocycles. The van der Waals surface area contributed by atoms with Crippen molar-refractivity contribution in [1.82, 2.24) is 15.1 Å². The van der Waals surface area contributed by atoms with Gasteiger partial charge in [-0.3, -0.25) is 24.7 Å². The number of carbonyl (C=O) groups excluding carboxylic acids is 2. The zero-order chi connectivity index (χ0) is 24.8. The molecule has 0 bridgehead atoms. The number of benzene rings is 3. The van der Waals surface area contributed by atoms with Gasteiger partial charge in [0.05, 0.1) is 11.4 Å². The fourth-order valence-corrected chi connectivity index (χ4v) is 6.66. The molecular weight excluding hydrogens is 473 g/mol. The molecule has 2 fully saturated rings. The molecule has 7 heteroatoms. The van der Waals surface area contributed by atoms with Gasteiger partial charge in [-0.2, -0.15) is 12.6 Å². The number of nitrogens with one attached hydrogen (secondary N) is 1. The van der Waals surface area contributed by atoms with Gasteiger partial charge in [0.15, 0.2) is 0 Å². The Morgan fingerprint density at radius 1 is 0.944 bits per heavy atom. The second-order valence-electron chi connectivity index (χ2n) is 10.3. The van der Waals surface area contributed by atoms with Crippen LogP contribution < -0.4 is 5.32 Å². The van der Waals surface area contributed by atoms with Crippen LogP contribution in [0.5, 0.6) is 0 Å². The van der Waals surface area contributed by atoms with Gasteiger partial charge in [-0.1, -0.05) is 48.5 Å². The summed E-state index contributed by atoms with van der Waals surface area (Å²) < 4.78 is 14.3. The van der Waals surface area contributed by atoms with Crippen molar-refractivity contribution in [2.24, 2.45) is 0 Å². The fourth-order valence-electron chi connectivity index (χ4n) is 6.18. The number of amides is 2. The van der Waals surface area contributed by atoms with Crippen LogP contribution in [0.1, 0.15) is 59.2 Å². The summed E-state index contributed by atoms with van der Waals surface area (Å²) in [4.78, 5) is 28.5. The zero-order valence-corrected chi connectivity index (χ0v) is 21.0. The average Bonchev–Trinajstić information content (AvgIpc) is 3.20. The van der Waals surface area contributed by atoms with Crippen molar-refractivity contribution >= 4 is 35.2 Å². The number of rotatable bonds is 4. The number of nitrogens with zero attached hydrogens (tertiary/aromatic N) is 2. The highest BCUT2D eigenvalue weighted by Gasteiger charge is 2.39. The lowest BCUT2D eigenvalue weighted by atomic mass is 9.86. The molecule has 0 spiro atoms. The molecule has 36 heavy (non-hydrogen) atoms. The highest BCUT2D eigenvalue weighted by molar-refractivity contribution is 7.80. The Morgan fingerprint density at radius 3 is 2.53 bits per heavy atom. The zero-order valence-electron chi connectivity index (χ0n) is 20.1. The van der Waals surface area contributed by atoms with Crippen LogP contribution in [0.15, 0.2) is 54.6 Å².